The number of imidazole rings is 1. The van der Waals surface area contributed by atoms with Crippen LogP contribution in [0, 0.1) is 6.92 Å². The molecule has 7 heteroatoms. The zero-order chi connectivity index (χ0) is 19.3. The number of aromatic amines is 1. The third kappa shape index (κ3) is 2.87. The Morgan fingerprint density at radius 2 is 1.96 bits per heavy atom. The molecule has 0 unspecified atom stereocenters. The minimum atomic E-state index is 0.482. The lowest BCUT2D eigenvalue weighted by molar-refractivity contribution is 0.315. The van der Waals surface area contributed by atoms with Crippen molar-refractivity contribution in [1.82, 2.24) is 15.0 Å². The quantitative estimate of drug-likeness (QED) is 0.455. The Labute approximate surface area is 171 Å². The molecule has 0 atom stereocenters. The van der Waals surface area contributed by atoms with Gasteiger partial charge in [0.2, 0.25) is 0 Å². The molecule has 1 N–H and O–H groups in total. The van der Waals surface area contributed by atoms with Crippen LogP contribution in [0.25, 0.3) is 22.4 Å². The second-order valence-electron chi connectivity index (χ2n) is 6.72. The topological polar surface area (TPSA) is 54.0 Å². The number of ether oxygens (including phenoxy) is 1. The number of pyridine rings is 1. The molecular weight excluding hydrogens is 395 g/mol. The van der Waals surface area contributed by atoms with Crippen LogP contribution in [0.2, 0.25) is 10.0 Å². The predicted octanol–water partition coefficient (Wildman–Crippen LogP) is 5.77. The van der Waals surface area contributed by atoms with Gasteiger partial charge in [0, 0.05) is 6.20 Å². The summed E-state index contributed by atoms with van der Waals surface area (Å²) in [7, 11) is 0. The van der Waals surface area contributed by atoms with Crippen molar-refractivity contribution in [3.63, 3.8) is 0 Å². The second-order valence-corrected chi connectivity index (χ2v) is 7.53. The summed E-state index contributed by atoms with van der Waals surface area (Å²) >= 11 is 12.3. The highest BCUT2D eigenvalue weighted by atomic mass is 35.5. The molecule has 0 radical (unpaired) electrons. The Morgan fingerprint density at radius 3 is 2.79 bits per heavy atom. The summed E-state index contributed by atoms with van der Waals surface area (Å²) in [4.78, 5) is 14.8. The van der Waals surface area contributed by atoms with Crippen molar-refractivity contribution in [1.29, 1.82) is 0 Å². The number of fused-ring (bicyclic) bond motifs is 2. The molecular formula is C21H16Cl2N4O. The lowest BCUT2D eigenvalue weighted by Gasteiger charge is -2.31. The molecule has 4 aromatic rings. The van der Waals surface area contributed by atoms with Crippen LogP contribution in [-0.2, 0) is 0 Å². The number of nitrogens with zero attached hydrogens (tertiary/aromatic N) is 3. The summed E-state index contributed by atoms with van der Waals surface area (Å²) in [6.07, 6.45) is 1.88. The van der Waals surface area contributed by atoms with Crippen LogP contribution in [0.15, 0.2) is 48.7 Å². The van der Waals surface area contributed by atoms with E-state index >= 15 is 0 Å². The van der Waals surface area contributed by atoms with Gasteiger partial charge in [-0.15, -0.1) is 0 Å². The number of halogens is 2. The Hall–Kier alpha value is -2.76. The van der Waals surface area contributed by atoms with Crippen LogP contribution in [0.5, 0.6) is 5.75 Å². The number of para-hydroxylation sites is 1. The highest BCUT2D eigenvalue weighted by molar-refractivity contribution is 6.42. The molecule has 0 spiro atoms. The Kier molecular flexibility index (Phi) is 4.14. The predicted molar refractivity (Wildman–Crippen MR) is 113 cm³/mol. The summed E-state index contributed by atoms with van der Waals surface area (Å²) in [6.45, 7) is 3.33. The van der Waals surface area contributed by atoms with Crippen LogP contribution in [-0.4, -0.2) is 28.1 Å². The zero-order valence-corrected chi connectivity index (χ0v) is 16.6. The van der Waals surface area contributed by atoms with E-state index in [1.165, 1.54) is 0 Å². The fraction of sp³-hybridized carbons (Fsp3) is 0.143. The van der Waals surface area contributed by atoms with Crippen LogP contribution >= 0.6 is 23.2 Å². The monoisotopic (exact) mass is 410 g/mol. The van der Waals surface area contributed by atoms with Crippen molar-refractivity contribution < 1.29 is 4.74 Å². The number of benzene rings is 2. The summed E-state index contributed by atoms with van der Waals surface area (Å²) in [5.41, 5.74) is 4.57. The van der Waals surface area contributed by atoms with Crippen molar-refractivity contribution in [2.75, 3.05) is 18.1 Å². The number of H-pyrrole nitrogens is 1. The number of hydrogen-bond acceptors (Lipinski definition) is 4. The number of aryl methyl sites for hydroxylation is 1. The van der Waals surface area contributed by atoms with Gasteiger partial charge in [-0.05, 0) is 42.8 Å². The maximum atomic E-state index is 6.14. The van der Waals surface area contributed by atoms with E-state index in [0.29, 0.717) is 22.5 Å². The van der Waals surface area contributed by atoms with Crippen molar-refractivity contribution in [3.05, 3.63) is 64.3 Å². The number of hydrogen-bond donors (Lipinski definition) is 1. The lowest BCUT2D eigenvalue weighted by Crippen LogP contribution is -2.29. The van der Waals surface area contributed by atoms with E-state index in [1.54, 1.807) is 12.1 Å². The summed E-state index contributed by atoms with van der Waals surface area (Å²) < 4.78 is 6.05. The first-order chi connectivity index (χ1) is 13.6. The molecule has 0 saturated carbocycles. The minimum Gasteiger partial charge on any atom is -0.489 e. The van der Waals surface area contributed by atoms with Crippen molar-refractivity contribution in [2.24, 2.45) is 0 Å². The van der Waals surface area contributed by atoms with Gasteiger partial charge < -0.3 is 14.6 Å². The highest BCUT2D eigenvalue weighted by Gasteiger charge is 2.24. The first kappa shape index (κ1) is 17.3. The molecule has 28 heavy (non-hydrogen) atoms. The summed E-state index contributed by atoms with van der Waals surface area (Å²) in [5, 5.41) is 0.975. The molecule has 0 aliphatic carbocycles. The third-order valence-electron chi connectivity index (χ3n) is 4.80. The molecule has 5 rings (SSSR count). The maximum absolute atomic E-state index is 6.14. The molecule has 0 fully saturated rings. The zero-order valence-electron chi connectivity index (χ0n) is 15.0. The number of anilines is 2. The average molecular weight is 411 g/mol. The minimum absolute atomic E-state index is 0.482. The van der Waals surface area contributed by atoms with Gasteiger partial charge in [-0.2, -0.15) is 0 Å². The van der Waals surface area contributed by atoms with Gasteiger partial charge in [-0.25, -0.2) is 9.97 Å². The van der Waals surface area contributed by atoms with Crippen LogP contribution < -0.4 is 9.64 Å². The fourth-order valence-corrected chi connectivity index (χ4v) is 3.75. The Morgan fingerprint density at radius 1 is 1.11 bits per heavy atom. The molecule has 2 aromatic heterocycles. The van der Waals surface area contributed by atoms with E-state index in [9.17, 15) is 0 Å². The highest BCUT2D eigenvalue weighted by Crippen LogP contribution is 2.42. The molecule has 0 saturated heterocycles. The summed E-state index contributed by atoms with van der Waals surface area (Å²) in [5.74, 6) is 2.40. The first-order valence-electron chi connectivity index (χ1n) is 8.91. The van der Waals surface area contributed by atoms with E-state index in [-0.39, 0.29) is 0 Å². The van der Waals surface area contributed by atoms with Gasteiger partial charge >= 0.3 is 0 Å². The van der Waals surface area contributed by atoms with Crippen LogP contribution in [0.4, 0.5) is 11.5 Å². The van der Waals surface area contributed by atoms with Gasteiger partial charge in [0.05, 0.1) is 38.9 Å². The Balaban J connectivity index is 1.63. The molecule has 2 aromatic carbocycles. The van der Waals surface area contributed by atoms with E-state index in [0.717, 1.165) is 46.0 Å². The second kappa shape index (κ2) is 6.69. The third-order valence-corrected chi connectivity index (χ3v) is 5.52. The molecule has 0 bridgehead atoms. The molecule has 1 aliphatic rings. The largest absolute Gasteiger partial charge is 0.489 e. The van der Waals surface area contributed by atoms with Crippen molar-refractivity contribution in [2.45, 2.75) is 6.92 Å². The maximum Gasteiger partial charge on any atom is 0.154 e. The summed E-state index contributed by atoms with van der Waals surface area (Å²) in [6, 6.07) is 13.7. The van der Waals surface area contributed by atoms with Crippen LogP contribution in [0.1, 0.15) is 5.56 Å². The van der Waals surface area contributed by atoms with Crippen molar-refractivity contribution >= 4 is 45.7 Å². The molecule has 0 amide bonds. The Bertz CT molecular complexity index is 1150. The van der Waals surface area contributed by atoms with Crippen LogP contribution in [0.3, 0.4) is 0 Å². The lowest BCUT2D eigenvalue weighted by atomic mass is 10.1. The van der Waals surface area contributed by atoms with Gasteiger partial charge in [-0.3, -0.25) is 0 Å². The number of aromatic nitrogens is 3. The smallest absolute Gasteiger partial charge is 0.154 e. The standard InChI is InChI=1S/C21H16Cl2N4O/c1-12-5-6-19(24-11-12)27-7-8-28-20-13(3-2-4-18(20)27)21-25-16-9-14(22)15(23)10-17(16)26-21/h2-6,9-11H,7-8H2,1H3,(H,25,26). The van der Waals surface area contributed by atoms with E-state index in [2.05, 4.69) is 25.9 Å². The van der Waals surface area contributed by atoms with E-state index < -0.39 is 0 Å². The van der Waals surface area contributed by atoms with Gasteiger partial charge in [0.15, 0.2) is 5.75 Å². The van der Waals surface area contributed by atoms with Gasteiger partial charge in [0.1, 0.15) is 18.2 Å². The van der Waals surface area contributed by atoms with Crippen molar-refractivity contribution in [3.8, 4) is 17.1 Å². The molecule has 3 heterocycles. The first-order valence-corrected chi connectivity index (χ1v) is 9.67. The van der Waals surface area contributed by atoms with E-state index in [1.807, 2.05) is 37.4 Å². The SMILES string of the molecule is Cc1ccc(N2CCOc3c(-c4nc5cc(Cl)c(Cl)cc5[nH]4)cccc32)nc1. The fourth-order valence-electron chi connectivity index (χ4n) is 3.43. The normalized spacial score (nSPS) is 13.5. The average Bonchev–Trinajstić information content (AvgIpc) is 3.10. The molecule has 1 aliphatic heterocycles. The molecule has 5 nitrogen and oxygen atoms in total. The number of rotatable bonds is 2. The van der Waals surface area contributed by atoms with Gasteiger partial charge in [0.25, 0.3) is 0 Å². The van der Waals surface area contributed by atoms with Gasteiger partial charge in [-0.1, -0.05) is 35.3 Å². The molecule has 140 valence electrons. The van der Waals surface area contributed by atoms with E-state index in [4.69, 9.17) is 27.9 Å². The number of nitrogens with one attached hydrogen (secondary N) is 1.